The minimum Gasteiger partial charge on any atom is -0.461 e. The number of aryl methyl sites for hydroxylation is 1. The van der Waals surface area contributed by atoms with Crippen LogP contribution in [0, 0.1) is 6.92 Å². The molecule has 0 radical (unpaired) electrons. The summed E-state index contributed by atoms with van der Waals surface area (Å²) < 4.78 is 5.04. The second-order valence-corrected chi connectivity index (χ2v) is 5.48. The normalized spacial score (nSPS) is 15.6. The third kappa shape index (κ3) is 2.82. The van der Waals surface area contributed by atoms with Crippen molar-refractivity contribution in [1.82, 2.24) is 9.97 Å². The maximum absolute atomic E-state index is 12.8. The highest BCUT2D eigenvalue weighted by atomic mass is 16.5. The fourth-order valence-corrected chi connectivity index (χ4v) is 2.89. The number of ether oxygens (including phenoxy) is 1. The first-order valence-corrected chi connectivity index (χ1v) is 7.65. The number of esters is 1. The number of pyridine rings is 1. The van der Waals surface area contributed by atoms with Gasteiger partial charge < -0.3 is 9.72 Å². The number of Topliss-reactive ketones (excluding diaryl/α,β-unsaturated/α-hetero) is 1. The largest absolute Gasteiger partial charge is 0.461 e. The number of carbonyl (C=O) groups is 2. The highest BCUT2D eigenvalue weighted by Gasteiger charge is 2.29. The molecule has 1 aliphatic carbocycles. The Morgan fingerprint density at radius 1 is 1.43 bits per heavy atom. The highest BCUT2D eigenvalue weighted by molar-refractivity contribution is 6.15. The molecular weight excluding hydrogens is 292 g/mol. The number of ketones is 1. The molecule has 1 N–H and O–H groups in total. The zero-order chi connectivity index (χ0) is 16.4. The Hall–Kier alpha value is -2.69. The van der Waals surface area contributed by atoms with Crippen molar-refractivity contribution in [3.63, 3.8) is 0 Å². The van der Waals surface area contributed by atoms with Crippen molar-refractivity contribution < 1.29 is 14.3 Å². The van der Waals surface area contributed by atoms with Gasteiger partial charge in [-0.15, -0.1) is 0 Å². The monoisotopic (exact) mass is 310 g/mol. The quantitative estimate of drug-likeness (QED) is 0.698. The molecule has 5 heteroatoms. The molecule has 0 atom stereocenters. The van der Waals surface area contributed by atoms with Crippen LogP contribution < -0.4 is 0 Å². The fourth-order valence-electron chi connectivity index (χ4n) is 2.89. The molecule has 23 heavy (non-hydrogen) atoms. The first kappa shape index (κ1) is 15.2. The van der Waals surface area contributed by atoms with Crippen LogP contribution in [-0.2, 0) is 11.2 Å². The second kappa shape index (κ2) is 6.20. The van der Waals surface area contributed by atoms with Gasteiger partial charge in [0.1, 0.15) is 5.69 Å². The summed E-state index contributed by atoms with van der Waals surface area (Å²) in [6.07, 6.45) is 6.64. The Labute approximate surface area is 134 Å². The summed E-state index contributed by atoms with van der Waals surface area (Å²) in [7, 11) is 0. The Balaban J connectivity index is 1.97. The molecule has 5 nitrogen and oxygen atoms in total. The third-order valence-corrected chi connectivity index (χ3v) is 4.00. The van der Waals surface area contributed by atoms with E-state index in [9.17, 15) is 9.59 Å². The van der Waals surface area contributed by atoms with Crippen LogP contribution in [0.1, 0.15) is 51.0 Å². The van der Waals surface area contributed by atoms with Gasteiger partial charge in [0.25, 0.3) is 0 Å². The van der Waals surface area contributed by atoms with E-state index >= 15 is 0 Å². The summed E-state index contributed by atoms with van der Waals surface area (Å²) >= 11 is 0. The van der Waals surface area contributed by atoms with Crippen LogP contribution in [0.3, 0.4) is 0 Å². The van der Waals surface area contributed by atoms with Crippen LogP contribution in [0.5, 0.6) is 0 Å². The summed E-state index contributed by atoms with van der Waals surface area (Å²) in [5.41, 5.74) is 4.11. The summed E-state index contributed by atoms with van der Waals surface area (Å²) in [6, 6.07) is 3.75. The average Bonchev–Trinajstić information content (AvgIpc) is 2.89. The lowest BCUT2D eigenvalue weighted by Crippen LogP contribution is -2.14. The predicted octanol–water partition coefficient (Wildman–Crippen LogP) is 3.11. The van der Waals surface area contributed by atoms with E-state index < -0.39 is 5.97 Å². The van der Waals surface area contributed by atoms with Gasteiger partial charge in [0.05, 0.1) is 6.61 Å². The second-order valence-electron chi connectivity index (χ2n) is 5.48. The number of hydrogen-bond donors (Lipinski definition) is 1. The number of nitrogens with zero attached hydrogens (tertiary/aromatic N) is 1. The number of allylic oxidation sites excluding steroid dienone is 1. The van der Waals surface area contributed by atoms with E-state index in [0.29, 0.717) is 36.3 Å². The van der Waals surface area contributed by atoms with Gasteiger partial charge >= 0.3 is 5.97 Å². The molecule has 0 aliphatic heterocycles. The van der Waals surface area contributed by atoms with Gasteiger partial charge in [-0.3, -0.25) is 9.78 Å². The van der Waals surface area contributed by atoms with Crippen LogP contribution in [0.2, 0.25) is 0 Å². The summed E-state index contributed by atoms with van der Waals surface area (Å²) in [4.78, 5) is 31.9. The molecule has 0 aromatic carbocycles. The van der Waals surface area contributed by atoms with Crippen LogP contribution in [0.4, 0.5) is 0 Å². The van der Waals surface area contributed by atoms with E-state index in [1.165, 1.54) is 0 Å². The van der Waals surface area contributed by atoms with Crippen molar-refractivity contribution in [3.05, 3.63) is 58.2 Å². The zero-order valence-electron chi connectivity index (χ0n) is 13.2. The summed E-state index contributed by atoms with van der Waals surface area (Å²) in [5.74, 6) is -0.440. The molecule has 0 bridgehead atoms. The number of H-pyrrole nitrogens is 1. The molecule has 2 aromatic heterocycles. The first-order valence-electron chi connectivity index (χ1n) is 7.65. The molecule has 0 fully saturated rings. The van der Waals surface area contributed by atoms with Gasteiger partial charge in [0, 0.05) is 29.2 Å². The van der Waals surface area contributed by atoms with Crippen molar-refractivity contribution in [2.24, 2.45) is 0 Å². The van der Waals surface area contributed by atoms with Gasteiger partial charge in [0.2, 0.25) is 0 Å². The van der Waals surface area contributed by atoms with E-state index in [4.69, 9.17) is 4.74 Å². The standard InChI is InChI=1S/C18H18N2O3/c1-3-23-18(22)16-11(2)15-14(20-16)7-6-13(17(15)21)9-12-5-4-8-19-10-12/h4-5,8-10,20H,3,6-7H2,1-2H3/b13-9+. The van der Waals surface area contributed by atoms with Gasteiger partial charge in [0.15, 0.2) is 5.78 Å². The molecule has 0 saturated carbocycles. The molecule has 0 spiro atoms. The molecular formula is C18H18N2O3. The SMILES string of the molecule is CCOC(=O)c1[nH]c2c(c1C)C(=O)/C(=C/c1cccnc1)CC2. The number of hydrogen-bond acceptors (Lipinski definition) is 4. The maximum Gasteiger partial charge on any atom is 0.355 e. The molecule has 3 rings (SSSR count). The van der Waals surface area contributed by atoms with E-state index in [1.54, 1.807) is 26.2 Å². The lowest BCUT2D eigenvalue weighted by molar-refractivity contribution is 0.0519. The lowest BCUT2D eigenvalue weighted by Gasteiger charge is -2.14. The van der Waals surface area contributed by atoms with Crippen molar-refractivity contribution in [2.75, 3.05) is 6.61 Å². The Morgan fingerprint density at radius 2 is 2.26 bits per heavy atom. The smallest absolute Gasteiger partial charge is 0.355 e. The first-order chi connectivity index (χ1) is 11.1. The van der Waals surface area contributed by atoms with E-state index in [2.05, 4.69) is 9.97 Å². The Bertz CT molecular complexity index is 788. The molecule has 0 saturated heterocycles. The molecule has 2 heterocycles. The van der Waals surface area contributed by atoms with Crippen LogP contribution in [0.25, 0.3) is 6.08 Å². The van der Waals surface area contributed by atoms with Gasteiger partial charge in [-0.25, -0.2) is 4.79 Å². The molecule has 118 valence electrons. The molecule has 2 aromatic rings. The fraction of sp³-hybridized carbons (Fsp3) is 0.278. The van der Waals surface area contributed by atoms with Gasteiger partial charge in [-0.2, -0.15) is 0 Å². The number of nitrogens with one attached hydrogen (secondary N) is 1. The summed E-state index contributed by atoms with van der Waals surface area (Å²) in [5, 5.41) is 0. The Kier molecular flexibility index (Phi) is 4.10. The molecule has 0 unspecified atom stereocenters. The van der Waals surface area contributed by atoms with Crippen molar-refractivity contribution in [1.29, 1.82) is 0 Å². The van der Waals surface area contributed by atoms with Crippen molar-refractivity contribution in [2.45, 2.75) is 26.7 Å². The van der Waals surface area contributed by atoms with E-state index in [-0.39, 0.29) is 5.78 Å². The molecule has 1 aliphatic rings. The minimum absolute atomic E-state index is 0.0283. The number of aromatic nitrogens is 2. The zero-order valence-corrected chi connectivity index (χ0v) is 13.2. The van der Waals surface area contributed by atoms with E-state index in [1.807, 2.05) is 18.2 Å². The van der Waals surface area contributed by atoms with Gasteiger partial charge in [-0.1, -0.05) is 6.07 Å². The van der Waals surface area contributed by atoms with Crippen LogP contribution >= 0.6 is 0 Å². The Morgan fingerprint density at radius 3 is 2.96 bits per heavy atom. The third-order valence-electron chi connectivity index (χ3n) is 4.00. The minimum atomic E-state index is -0.412. The number of rotatable bonds is 3. The topological polar surface area (TPSA) is 72.1 Å². The maximum atomic E-state index is 12.8. The van der Waals surface area contributed by atoms with Crippen molar-refractivity contribution >= 4 is 17.8 Å². The number of aromatic amines is 1. The summed E-state index contributed by atoms with van der Waals surface area (Å²) in [6.45, 7) is 3.85. The van der Waals surface area contributed by atoms with Crippen LogP contribution in [-0.4, -0.2) is 28.3 Å². The number of fused-ring (bicyclic) bond motifs is 1. The number of carbonyl (C=O) groups excluding carboxylic acids is 2. The van der Waals surface area contributed by atoms with Gasteiger partial charge in [-0.05, 0) is 50.0 Å². The van der Waals surface area contributed by atoms with Crippen molar-refractivity contribution in [3.8, 4) is 0 Å². The lowest BCUT2D eigenvalue weighted by atomic mass is 9.88. The predicted molar refractivity (Wildman–Crippen MR) is 86.4 cm³/mol. The van der Waals surface area contributed by atoms with E-state index in [0.717, 1.165) is 16.8 Å². The molecule has 0 amide bonds. The highest BCUT2D eigenvalue weighted by Crippen LogP contribution is 2.30. The van der Waals surface area contributed by atoms with Crippen LogP contribution in [0.15, 0.2) is 30.1 Å². The average molecular weight is 310 g/mol.